The monoisotopic (exact) mass is 444 g/mol. The van der Waals surface area contributed by atoms with E-state index in [0.717, 1.165) is 31.5 Å². The molecule has 1 aliphatic heterocycles. The Morgan fingerprint density at radius 2 is 1.35 bits per heavy atom. The number of anilines is 1. The summed E-state index contributed by atoms with van der Waals surface area (Å²) in [6.07, 6.45) is -8.05. The molecule has 1 heterocycles. The zero-order valence-electron chi connectivity index (χ0n) is 16.5. The zero-order valence-corrected chi connectivity index (χ0v) is 16.5. The van der Waals surface area contributed by atoms with Crippen LogP contribution in [0.3, 0.4) is 0 Å². The largest absolute Gasteiger partial charge is 0.430 e. The number of hydrogen-bond acceptors (Lipinski definition) is 3. The number of rotatable bonds is 4. The molecule has 0 aromatic heterocycles. The number of hydrogen-bond donors (Lipinski definition) is 2. The molecule has 0 radical (unpaired) electrons. The van der Waals surface area contributed by atoms with E-state index < -0.39 is 23.5 Å². The smallest absolute Gasteiger partial charge is 0.399 e. The number of alkyl halides is 6. The number of piperidine rings is 1. The highest BCUT2D eigenvalue weighted by Crippen LogP contribution is 2.49. The molecule has 0 saturated carbocycles. The van der Waals surface area contributed by atoms with Gasteiger partial charge in [0.05, 0.1) is 0 Å². The summed E-state index contributed by atoms with van der Waals surface area (Å²) in [6, 6.07) is 11.3. The zero-order chi connectivity index (χ0) is 22.9. The van der Waals surface area contributed by atoms with Crippen LogP contribution in [0.1, 0.15) is 29.5 Å². The fourth-order valence-electron chi connectivity index (χ4n) is 3.57. The number of nitrogen functional groups attached to an aromatic ring is 1. The topological polar surface area (TPSA) is 49.5 Å². The third kappa shape index (κ3) is 5.04. The normalized spacial score (nSPS) is 16.4. The second-order valence-electron chi connectivity index (χ2n) is 7.65. The third-order valence-electron chi connectivity index (χ3n) is 5.40. The molecule has 31 heavy (non-hydrogen) atoms. The van der Waals surface area contributed by atoms with Gasteiger partial charge in [-0.05, 0) is 36.1 Å². The van der Waals surface area contributed by atoms with Crippen molar-refractivity contribution in [2.24, 2.45) is 0 Å². The Balaban J connectivity index is 1.64. The van der Waals surface area contributed by atoms with Crippen LogP contribution in [-0.2, 0) is 12.1 Å². The van der Waals surface area contributed by atoms with Crippen LogP contribution in [0.4, 0.5) is 32.0 Å². The predicted molar refractivity (Wildman–Crippen MR) is 106 cm³/mol. The number of likely N-dealkylation sites (tertiary alicyclic amines) is 1. The van der Waals surface area contributed by atoms with Gasteiger partial charge in [0, 0.05) is 30.9 Å². The van der Waals surface area contributed by atoms with Crippen LogP contribution in [0.2, 0.25) is 0 Å². The third-order valence-corrected chi connectivity index (χ3v) is 5.40. The lowest BCUT2D eigenvalue weighted by molar-refractivity contribution is -0.376. The van der Waals surface area contributed by atoms with E-state index >= 15 is 0 Å². The van der Waals surface area contributed by atoms with Gasteiger partial charge in [0.15, 0.2) is 0 Å². The Morgan fingerprint density at radius 1 is 0.839 bits per heavy atom. The van der Waals surface area contributed by atoms with Crippen molar-refractivity contribution in [3.8, 4) is 0 Å². The van der Waals surface area contributed by atoms with Crippen molar-refractivity contribution in [1.82, 2.24) is 4.90 Å². The molecular formula is C22H22F6N2O. The summed E-state index contributed by atoms with van der Waals surface area (Å²) in [5.41, 5.74) is 3.10. The SMILES string of the molecule is Nc1ccc(C=C2CCN(Cc3ccc(C(O)(C(F)(F)F)C(F)(F)F)cc3)CC2)cc1. The molecule has 2 aromatic carbocycles. The van der Waals surface area contributed by atoms with E-state index in [0.29, 0.717) is 29.9 Å². The molecule has 0 bridgehead atoms. The Kier molecular flexibility index (Phi) is 6.38. The molecule has 0 spiro atoms. The minimum absolute atomic E-state index is 0.395. The number of nitrogens with two attached hydrogens (primary N) is 1. The van der Waals surface area contributed by atoms with Gasteiger partial charge >= 0.3 is 12.4 Å². The number of halogens is 6. The van der Waals surface area contributed by atoms with Crippen molar-refractivity contribution in [2.75, 3.05) is 18.8 Å². The maximum atomic E-state index is 13.0. The fourth-order valence-corrected chi connectivity index (χ4v) is 3.57. The maximum Gasteiger partial charge on any atom is 0.430 e. The first kappa shape index (κ1) is 23.1. The summed E-state index contributed by atoms with van der Waals surface area (Å²) in [4.78, 5) is 2.08. The highest BCUT2D eigenvalue weighted by atomic mass is 19.4. The van der Waals surface area contributed by atoms with Gasteiger partial charge in [-0.25, -0.2) is 0 Å². The van der Waals surface area contributed by atoms with E-state index in [1.807, 2.05) is 24.3 Å². The molecule has 1 fully saturated rings. The van der Waals surface area contributed by atoms with Crippen molar-refractivity contribution in [1.29, 1.82) is 0 Å². The standard InChI is InChI=1S/C22H22F6N2O/c23-21(24,25)20(31,22(26,27)28)18-5-1-17(2-6-18)14-30-11-9-16(10-12-30)13-15-3-7-19(29)8-4-15/h1-8,13,31H,9-12,14,29H2. The fraction of sp³-hybridized carbons (Fsp3) is 0.364. The van der Waals surface area contributed by atoms with Gasteiger partial charge in [0.2, 0.25) is 0 Å². The van der Waals surface area contributed by atoms with E-state index in [1.54, 1.807) is 0 Å². The molecule has 2 aromatic rings. The van der Waals surface area contributed by atoms with Crippen molar-refractivity contribution in [2.45, 2.75) is 37.3 Å². The predicted octanol–water partition coefficient (Wildman–Crippen LogP) is 5.26. The molecule has 0 aliphatic carbocycles. The average molecular weight is 444 g/mol. The van der Waals surface area contributed by atoms with Crippen molar-refractivity contribution >= 4 is 11.8 Å². The number of nitrogens with zero attached hydrogens (tertiary/aromatic N) is 1. The first-order valence-electron chi connectivity index (χ1n) is 9.63. The summed E-state index contributed by atoms with van der Waals surface area (Å²) in [5.74, 6) is 0. The summed E-state index contributed by atoms with van der Waals surface area (Å²) < 4.78 is 77.9. The van der Waals surface area contributed by atoms with Gasteiger partial charge in [-0.2, -0.15) is 26.3 Å². The van der Waals surface area contributed by atoms with Crippen LogP contribution < -0.4 is 5.73 Å². The van der Waals surface area contributed by atoms with E-state index in [4.69, 9.17) is 5.73 Å². The first-order valence-corrected chi connectivity index (χ1v) is 9.63. The lowest BCUT2D eigenvalue weighted by Crippen LogP contribution is -2.53. The Labute approximate surface area is 175 Å². The second-order valence-corrected chi connectivity index (χ2v) is 7.65. The van der Waals surface area contributed by atoms with E-state index in [2.05, 4.69) is 11.0 Å². The van der Waals surface area contributed by atoms with Crippen LogP contribution in [0.5, 0.6) is 0 Å². The van der Waals surface area contributed by atoms with Crippen LogP contribution in [0.15, 0.2) is 54.1 Å². The van der Waals surface area contributed by atoms with Crippen molar-refractivity contribution in [3.63, 3.8) is 0 Å². The molecular weight excluding hydrogens is 422 g/mol. The summed E-state index contributed by atoms with van der Waals surface area (Å²) >= 11 is 0. The molecule has 9 heteroatoms. The maximum absolute atomic E-state index is 13.0. The summed E-state index contributed by atoms with van der Waals surface area (Å²) in [6.45, 7) is 1.83. The minimum atomic E-state index is -5.88. The van der Waals surface area contributed by atoms with Crippen LogP contribution in [-0.4, -0.2) is 35.4 Å². The average Bonchev–Trinajstić information content (AvgIpc) is 2.69. The Morgan fingerprint density at radius 3 is 1.84 bits per heavy atom. The summed E-state index contributed by atoms with van der Waals surface area (Å²) in [5, 5.41) is 9.46. The highest BCUT2D eigenvalue weighted by molar-refractivity contribution is 5.56. The van der Waals surface area contributed by atoms with Crippen LogP contribution in [0.25, 0.3) is 6.08 Å². The minimum Gasteiger partial charge on any atom is -0.399 e. The lowest BCUT2D eigenvalue weighted by atomic mass is 9.91. The van der Waals surface area contributed by atoms with Gasteiger partial charge in [-0.1, -0.05) is 48.0 Å². The van der Waals surface area contributed by atoms with Gasteiger partial charge in [-0.3, -0.25) is 4.90 Å². The van der Waals surface area contributed by atoms with Crippen LogP contribution in [0, 0.1) is 0 Å². The second kappa shape index (κ2) is 8.55. The lowest BCUT2D eigenvalue weighted by Gasteiger charge is -2.33. The van der Waals surface area contributed by atoms with Gasteiger partial charge in [0.1, 0.15) is 0 Å². The molecule has 0 amide bonds. The molecule has 1 aliphatic rings. The van der Waals surface area contributed by atoms with E-state index in [9.17, 15) is 31.4 Å². The number of aliphatic hydroxyl groups is 1. The van der Waals surface area contributed by atoms with E-state index in [-0.39, 0.29) is 0 Å². The molecule has 0 unspecified atom stereocenters. The Hall–Kier alpha value is -2.52. The van der Waals surface area contributed by atoms with Gasteiger partial charge in [0.25, 0.3) is 5.60 Å². The summed E-state index contributed by atoms with van der Waals surface area (Å²) in [7, 11) is 0. The first-order chi connectivity index (χ1) is 14.4. The van der Waals surface area contributed by atoms with Crippen LogP contribution >= 0.6 is 0 Å². The molecule has 3 nitrogen and oxygen atoms in total. The van der Waals surface area contributed by atoms with E-state index in [1.165, 1.54) is 17.7 Å². The molecule has 0 atom stereocenters. The van der Waals surface area contributed by atoms with Gasteiger partial charge < -0.3 is 10.8 Å². The quantitative estimate of drug-likeness (QED) is 0.500. The van der Waals surface area contributed by atoms with Crippen molar-refractivity contribution < 1.29 is 31.4 Å². The molecule has 3 rings (SSSR count). The van der Waals surface area contributed by atoms with Gasteiger partial charge in [-0.15, -0.1) is 0 Å². The highest BCUT2D eigenvalue weighted by Gasteiger charge is 2.71. The molecule has 1 saturated heterocycles. The van der Waals surface area contributed by atoms with Crippen molar-refractivity contribution in [3.05, 3.63) is 70.8 Å². The molecule has 168 valence electrons. The molecule has 3 N–H and O–H groups in total. The Bertz CT molecular complexity index is 893. The number of benzene rings is 2.